The normalized spacial score (nSPS) is 24.2. The lowest BCUT2D eigenvalue weighted by molar-refractivity contribution is -0.137. The van der Waals surface area contributed by atoms with E-state index in [0.717, 1.165) is 49.4 Å². The van der Waals surface area contributed by atoms with E-state index in [1.165, 1.54) is 5.56 Å². The van der Waals surface area contributed by atoms with Crippen LogP contribution in [0.5, 0.6) is 0 Å². The number of nitrogens with zero attached hydrogens (tertiary/aromatic N) is 1. The van der Waals surface area contributed by atoms with E-state index in [0.29, 0.717) is 25.7 Å². The second-order valence-electron chi connectivity index (χ2n) is 8.90. The molecule has 2 rings (SSSR count). The van der Waals surface area contributed by atoms with Crippen LogP contribution in [-0.4, -0.2) is 39.5 Å². The Balaban J connectivity index is 1.72. The molecule has 0 saturated heterocycles. The van der Waals surface area contributed by atoms with Crippen molar-refractivity contribution in [2.24, 2.45) is 17.0 Å². The zero-order valence-corrected chi connectivity index (χ0v) is 19.8. The molecule has 3 N–H and O–H groups in total. The topological polar surface area (TPSA) is 107 Å². The van der Waals surface area contributed by atoms with Crippen molar-refractivity contribution in [1.82, 2.24) is 0 Å². The summed E-state index contributed by atoms with van der Waals surface area (Å²) >= 11 is 3.48. The smallest absolute Gasteiger partial charge is 0.303 e. The van der Waals surface area contributed by atoms with E-state index in [2.05, 4.69) is 33.2 Å². The highest BCUT2D eigenvalue weighted by Crippen LogP contribution is 2.41. The van der Waals surface area contributed by atoms with Crippen molar-refractivity contribution < 1.29 is 20.1 Å². The number of carbonyl (C=O) groups is 1. The van der Waals surface area contributed by atoms with Crippen LogP contribution in [0.25, 0.3) is 0 Å². The van der Waals surface area contributed by atoms with Crippen LogP contribution < -0.4 is 0 Å². The van der Waals surface area contributed by atoms with Crippen molar-refractivity contribution in [2.45, 2.75) is 95.3 Å². The van der Waals surface area contributed by atoms with Gasteiger partial charge in [0.2, 0.25) is 0 Å². The molecule has 1 aromatic carbocycles. The van der Waals surface area contributed by atoms with Gasteiger partial charge in [-0.3, -0.25) is 4.79 Å². The monoisotopic (exact) mass is 497 g/mol. The Labute approximate surface area is 193 Å². The van der Waals surface area contributed by atoms with Gasteiger partial charge in [0.15, 0.2) is 0 Å². The second kappa shape index (κ2) is 14.0. The van der Waals surface area contributed by atoms with E-state index in [1.54, 1.807) is 0 Å². The SMILES string of the molecule is O=NC1C[C@H](O)[C@H](CCCCCCC(=O)O)[C@H]1CC[C@@H](O)CCCc1cccc(Br)c1. The molecule has 0 heterocycles. The molecule has 1 aromatic rings. The van der Waals surface area contributed by atoms with Gasteiger partial charge in [-0.1, -0.05) is 52.5 Å². The molecule has 1 saturated carbocycles. The largest absolute Gasteiger partial charge is 0.481 e. The molecule has 1 aliphatic carbocycles. The van der Waals surface area contributed by atoms with Gasteiger partial charge in [0, 0.05) is 10.9 Å². The molecule has 5 atom stereocenters. The van der Waals surface area contributed by atoms with Crippen LogP contribution in [0.4, 0.5) is 0 Å². The third-order valence-electron chi connectivity index (χ3n) is 6.56. The summed E-state index contributed by atoms with van der Waals surface area (Å²) in [5, 5.41) is 32.9. The van der Waals surface area contributed by atoms with E-state index in [9.17, 15) is 19.9 Å². The summed E-state index contributed by atoms with van der Waals surface area (Å²) in [6.07, 6.45) is 7.77. The highest BCUT2D eigenvalue weighted by Gasteiger charge is 2.42. The predicted octanol–water partition coefficient (Wildman–Crippen LogP) is 5.47. The maximum Gasteiger partial charge on any atom is 0.303 e. The highest BCUT2D eigenvalue weighted by molar-refractivity contribution is 9.10. The first kappa shape index (κ1) is 25.9. The number of hydrogen-bond acceptors (Lipinski definition) is 5. The fourth-order valence-electron chi connectivity index (χ4n) is 4.88. The van der Waals surface area contributed by atoms with Crippen molar-refractivity contribution >= 4 is 21.9 Å². The summed E-state index contributed by atoms with van der Waals surface area (Å²) in [7, 11) is 0. The van der Waals surface area contributed by atoms with Gasteiger partial charge in [-0.15, -0.1) is 0 Å². The number of carboxylic acid groups (broad SMARTS) is 1. The number of aliphatic hydroxyl groups excluding tert-OH is 2. The minimum absolute atomic E-state index is 0.0197. The maximum atomic E-state index is 11.3. The first-order chi connectivity index (χ1) is 14.9. The van der Waals surface area contributed by atoms with Crippen LogP contribution in [0.3, 0.4) is 0 Å². The summed E-state index contributed by atoms with van der Waals surface area (Å²) in [6.45, 7) is 0. The highest BCUT2D eigenvalue weighted by atomic mass is 79.9. The molecule has 1 fully saturated rings. The summed E-state index contributed by atoms with van der Waals surface area (Å²) in [6, 6.07) is 7.82. The molecule has 7 heteroatoms. The van der Waals surface area contributed by atoms with E-state index >= 15 is 0 Å². The first-order valence-corrected chi connectivity index (χ1v) is 12.3. The molecular formula is C24H36BrNO5. The number of rotatable bonds is 15. The van der Waals surface area contributed by atoms with E-state index in [4.69, 9.17) is 5.11 Å². The number of aryl methyl sites for hydroxylation is 1. The minimum Gasteiger partial charge on any atom is -0.481 e. The van der Waals surface area contributed by atoms with Crippen LogP contribution in [0.2, 0.25) is 0 Å². The van der Waals surface area contributed by atoms with Gasteiger partial charge in [-0.25, -0.2) is 0 Å². The fourth-order valence-corrected chi connectivity index (χ4v) is 5.32. The lowest BCUT2D eigenvalue weighted by Gasteiger charge is -2.24. The molecule has 31 heavy (non-hydrogen) atoms. The molecule has 174 valence electrons. The number of carboxylic acids is 1. The summed E-state index contributed by atoms with van der Waals surface area (Å²) in [5.41, 5.74) is 1.24. The van der Waals surface area contributed by atoms with Crippen molar-refractivity contribution in [3.63, 3.8) is 0 Å². The molecule has 0 spiro atoms. The average molecular weight is 498 g/mol. The first-order valence-electron chi connectivity index (χ1n) is 11.6. The van der Waals surface area contributed by atoms with Crippen LogP contribution in [0.1, 0.15) is 76.2 Å². The Bertz CT molecular complexity index is 686. The molecule has 0 bridgehead atoms. The summed E-state index contributed by atoms with van der Waals surface area (Å²) in [5.74, 6) is -0.705. The molecule has 0 aliphatic heterocycles. The lowest BCUT2D eigenvalue weighted by Crippen LogP contribution is -2.23. The van der Waals surface area contributed by atoms with Gasteiger partial charge in [-0.2, -0.15) is 4.91 Å². The zero-order chi connectivity index (χ0) is 22.6. The van der Waals surface area contributed by atoms with Gasteiger partial charge in [0.05, 0.1) is 18.2 Å². The molecule has 0 radical (unpaired) electrons. The van der Waals surface area contributed by atoms with E-state index in [-0.39, 0.29) is 24.3 Å². The summed E-state index contributed by atoms with van der Waals surface area (Å²) in [4.78, 5) is 21.9. The molecule has 1 unspecified atom stereocenters. The molecule has 0 amide bonds. The van der Waals surface area contributed by atoms with Crippen molar-refractivity contribution in [3.05, 3.63) is 39.2 Å². The van der Waals surface area contributed by atoms with Crippen LogP contribution in [-0.2, 0) is 11.2 Å². The summed E-state index contributed by atoms with van der Waals surface area (Å²) < 4.78 is 1.06. The fraction of sp³-hybridized carbons (Fsp3) is 0.708. The Kier molecular flexibility index (Phi) is 11.7. The number of benzene rings is 1. The second-order valence-corrected chi connectivity index (χ2v) is 9.82. The predicted molar refractivity (Wildman–Crippen MR) is 125 cm³/mol. The average Bonchev–Trinajstić information content (AvgIpc) is 3.03. The molecule has 6 nitrogen and oxygen atoms in total. The number of nitroso groups, excluding NO2 is 1. The number of halogens is 1. The molecule has 1 aliphatic rings. The Morgan fingerprint density at radius 1 is 1.10 bits per heavy atom. The molecular weight excluding hydrogens is 462 g/mol. The number of aliphatic carboxylic acids is 1. The number of aliphatic hydroxyl groups is 2. The molecule has 0 aromatic heterocycles. The zero-order valence-electron chi connectivity index (χ0n) is 18.2. The van der Waals surface area contributed by atoms with Crippen LogP contribution in [0.15, 0.2) is 33.9 Å². The van der Waals surface area contributed by atoms with Gasteiger partial charge < -0.3 is 15.3 Å². The van der Waals surface area contributed by atoms with Crippen LogP contribution in [0, 0.1) is 16.7 Å². The van der Waals surface area contributed by atoms with Gasteiger partial charge >= 0.3 is 5.97 Å². The number of hydrogen-bond donors (Lipinski definition) is 3. The van der Waals surface area contributed by atoms with Gasteiger partial charge in [0.25, 0.3) is 0 Å². The van der Waals surface area contributed by atoms with E-state index < -0.39 is 18.2 Å². The van der Waals surface area contributed by atoms with Crippen LogP contribution >= 0.6 is 15.9 Å². The van der Waals surface area contributed by atoms with Crippen molar-refractivity contribution in [2.75, 3.05) is 0 Å². The maximum absolute atomic E-state index is 11.3. The van der Waals surface area contributed by atoms with Crippen molar-refractivity contribution in [3.8, 4) is 0 Å². The number of unbranched alkanes of at least 4 members (excludes halogenated alkanes) is 3. The van der Waals surface area contributed by atoms with Gasteiger partial charge in [0.1, 0.15) is 0 Å². The standard InChI is InChI=1S/C24H36BrNO5/c25-18-9-5-7-17(15-18)8-6-10-19(27)13-14-20-21(23(28)16-22(20)26-31)11-3-1-2-4-12-24(29)30/h5,7,9,15,19-23,27-28H,1-4,6,8,10-14,16H2,(H,29,30)/t19-,20+,21+,22?,23-/m0/s1. The minimum atomic E-state index is -0.763. The third kappa shape index (κ3) is 9.38. The quantitative estimate of drug-likeness (QED) is 0.220. The third-order valence-corrected chi connectivity index (χ3v) is 7.05. The lowest BCUT2D eigenvalue weighted by atomic mass is 9.84. The van der Waals surface area contributed by atoms with E-state index in [1.807, 2.05) is 12.1 Å². The Morgan fingerprint density at radius 3 is 2.58 bits per heavy atom. The Morgan fingerprint density at radius 2 is 1.87 bits per heavy atom. The Hall–Kier alpha value is -1.31. The van der Waals surface area contributed by atoms with Crippen molar-refractivity contribution in [1.29, 1.82) is 0 Å². The van der Waals surface area contributed by atoms with Gasteiger partial charge in [-0.05, 0) is 80.9 Å².